The summed E-state index contributed by atoms with van der Waals surface area (Å²) >= 11 is 0. The van der Waals surface area contributed by atoms with E-state index in [0.29, 0.717) is 18.5 Å². The number of nitrogens with two attached hydrogens (primary N) is 1. The maximum absolute atomic E-state index is 12.2. The zero-order chi connectivity index (χ0) is 13.9. The van der Waals surface area contributed by atoms with E-state index in [1.807, 2.05) is 30.3 Å². The van der Waals surface area contributed by atoms with Crippen molar-refractivity contribution in [3.8, 4) is 0 Å². The standard InChI is InChI=1S/C16H23N3O/c17-13(11-12-5-2-1-3-6-12)16(20)18-14-8-10-19-9-4-7-15(14)19/h1-3,5-6,13-15H,4,7-11,17H2,(H,18,20). The topological polar surface area (TPSA) is 58.4 Å². The lowest BCUT2D eigenvalue weighted by Crippen LogP contribution is -2.49. The van der Waals surface area contributed by atoms with Gasteiger partial charge in [-0.2, -0.15) is 0 Å². The van der Waals surface area contributed by atoms with Crippen LogP contribution in [0.15, 0.2) is 30.3 Å². The molecule has 0 aliphatic carbocycles. The highest BCUT2D eigenvalue weighted by Crippen LogP contribution is 2.27. The summed E-state index contributed by atoms with van der Waals surface area (Å²) in [5, 5.41) is 3.16. The number of carbonyl (C=O) groups is 1. The summed E-state index contributed by atoms with van der Waals surface area (Å²) in [5.41, 5.74) is 7.15. The molecule has 2 aliphatic heterocycles. The quantitative estimate of drug-likeness (QED) is 0.857. The average Bonchev–Trinajstić information content (AvgIpc) is 3.05. The molecule has 1 aromatic rings. The Balaban J connectivity index is 1.54. The minimum Gasteiger partial charge on any atom is -0.350 e. The molecule has 4 nitrogen and oxygen atoms in total. The summed E-state index contributed by atoms with van der Waals surface area (Å²) in [4.78, 5) is 14.7. The molecule has 1 aromatic carbocycles. The molecular formula is C16H23N3O. The van der Waals surface area contributed by atoms with Crippen molar-refractivity contribution in [1.29, 1.82) is 0 Å². The van der Waals surface area contributed by atoms with Crippen molar-refractivity contribution in [1.82, 2.24) is 10.2 Å². The van der Waals surface area contributed by atoms with E-state index in [-0.39, 0.29) is 5.91 Å². The lowest BCUT2D eigenvalue weighted by Gasteiger charge is -2.23. The Morgan fingerprint density at radius 3 is 2.90 bits per heavy atom. The van der Waals surface area contributed by atoms with Crippen LogP contribution in [0.1, 0.15) is 24.8 Å². The summed E-state index contributed by atoms with van der Waals surface area (Å²) < 4.78 is 0. The smallest absolute Gasteiger partial charge is 0.237 e. The van der Waals surface area contributed by atoms with Gasteiger partial charge in [-0.25, -0.2) is 0 Å². The lowest BCUT2D eigenvalue weighted by atomic mass is 10.0. The van der Waals surface area contributed by atoms with Crippen LogP contribution in [0, 0.1) is 0 Å². The first-order valence-electron chi connectivity index (χ1n) is 7.58. The van der Waals surface area contributed by atoms with Gasteiger partial charge < -0.3 is 11.1 Å². The second kappa shape index (κ2) is 5.94. The molecule has 20 heavy (non-hydrogen) atoms. The fraction of sp³-hybridized carbons (Fsp3) is 0.562. The number of fused-ring (bicyclic) bond motifs is 1. The molecule has 2 saturated heterocycles. The van der Waals surface area contributed by atoms with E-state index in [1.165, 1.54) is 19.4 Å². The number of benzene rings is 1. The minimum absolute atomic E-state index is 0.00685. The Bertz CT molecular complexity index is 462. The number of hydrogen-bond acceptors (Lipinski definition) is 3. The Morgan fingerprint density at radius 2 is 2.10 bits per heavy atom. The molecule has 0 bridgehead atoms. The van der Waals surface area contributed by atoms with Crippen LogP contribution in [0.4, 0.5) is 0 Å². The number of hydrogen-bond donors (Lipinski definition) is 2. The molecule has 108 valence electrons. The van der Waals surface area contributed by atoms with Crippen LogP contribution in [-0.2, 0) is 11.2 Å². The molecule has 0 saturated carbocycles. The number of rotatable bonds is 4. The fourth-order valence-corrected chi connectivity index (χ4v) is 3.50. The monoisotopic (exact) mass is 273 g/mol. The third-order valence-electron chi connectivity index (χ3n) is 4.57. The first kappa shape index (κ1) is 13.6. The normalized spacial score (nSPS) is 27.2. The maximum Gasteiger partial charge on any atom is 0.237 e. The molecule has 2 aliphatic rings. The molecule has 4 heteroatoms. The highest BCUT2D eigenvalue weighted by atomic mass is 16.2. The average molecular weight is 273 g/mol. The highest BCUT2D eigenvalue weighted by molar-refractivity contribution is 5.82. The molecule has 2 heterocycles. The third-order valence-corrected chi connectivity index (χ3v) is 4.57. The zero-order valence-electron chi connectivity index (χ0n) is 11.8. The Kier molecular flexibility index (Phi) is 4.03. The van der Waals surface area contributed by atoms with E-state index in [1.54, 1.807) is 0 Å². The summed E-state index contributed by atoms with van der Waals surface area (Å²) in [6, 6.07) is 10.4. The van der Waals surface area contributed by atoms with Gasteiger partial charge in [-0.3, -0.25) is 9.69 Å². The summed E-state index contributed by atoms with van der Waals surface area (Å²) in [5.74, 6) is -0.00685. The van der Waals surface area contributed by atoms with Crippen LogP contribution in [0.5, 0.6) is 0 Å². The van der Waals surface area contributed by atoms with Crippen LogP contribution in [0.25, 0.3) is 0 Å². The largest absolute Gasteiger partial charge is 0.350 e. The Labute approximate surface area is 120 Å². The van der Waals surface area contributed by atoms with Crippen molar-refractivity contribution < 1.29 is 4.79 Å². The van der Waals surface area contributed by atoms with Crippen molar-refractivity contribution in [2.45, 2.75) is 43.8 Å². The molecule has 3 atom stereocenters. The summed E-state index contributed by atoms with van der Waals surface area (Å²) in [6.45, 7) is 2.30. The number of nitrogens with zero attached hydrogens (tertiary/aromatic N) is 1. The first-order chi connectivity index (χ1) is 9.74. The SMILES string of the molecule is NC(Cc1ccccc1)C(=O)NC1CCN2CCCC12. The Morgan fingerprint density at radius 1 is 1.30 bits per heavy atom. The molecule has 2 fully saturated rings. The van der Waals surface area contributed by atoms with Crippen LogP contribution in [-0.4, -0.2) is 42.0 Å². The summed E-state index contributed by atoms with van der Waals surface area (Å²) in [6.07, 6.45) is 4.13. The molecule has 3 N–H and O–H groups in total. The molecule has 3 rings (SSSR count). The van der Waals surface area contributed by atoms with Crippen LogP contribution >= 0.6 is 0 Å². The van der Waals surface area contributed by atoms with Crippen LogP contribution < -0.4 is 11.1 Å². The van der Waals surface area contributed by atoms with Gasteiger partial charge in [0.2, 0.25) is 5.91 Å². The second-order valence-corrected chi connectivity index (χ2v) is 5.95. The third kappa shape index (κ3) is 2.86. The van der Waals surface area contributed by atoms with Gasteiger partial charge in [-0.1, -0.05) is 30.3 Å². The summed E-state index contributed by atoms with van der Waals surface area (Å²) in [7, 11) is 0. The Hall–Kier alpha value is -1.39. The van der Waals surface area contributed by atoms with Crippen LogP contribution in [0.2, 0.25) is 0 Å². The molecular weight excluding hydrogens is 250 g/mol. The van der Waals surface area contributed by atoms with E-state index in [4.69, 9.17) is 5.73 Å². The first-order valence-corrected chi connectivity index (χ1v) is 7.58. The van der Waals surface area contributed by atoms with E-state index < -0.39 is 6.04 Å². The van der Waals surface area contributed by atoms with Crippen molar-refractivity contribution in [2.75, 3.05) is 13.1 Å². The van der Waals surface area contributed by atoms with Gasteiger partial charge in [-0.15, -0.1) is 0 Å². The van der Waals surface area contributed by atoms with Gasteiger partial charge in [0.15, 0.2) is 0 Å². The second-order valence-electron chi connectivity index (χ2n) is 5.95. The van der Waals surface area contributed by atoms with Gasteiger partial charge in [0.05, 0.1) is 6.04 Å². The maximum atomic E-state index is 12.2. The van der Waals surface area contributed by atoms with Gasteiger partial charge in [0.1, 0.15) is 0 Å². The molecule has 3 unspecified atom stereocenters. The van der Waals surface area contributed by atoms with Crippen molar-refractivity contribution >= 4 is 5.91 Å². The van der Waals surface area contributed by atoms with Gasteiger partial charge in [0, 0.05) is 18.6 Å². The van der Waals surface area contributed by atoms with E-state index in [0.717, 1.165) is 18.5 Å². The number of carbonyl (C=O) groups excluding carboxylic acids is 1. The van der Waals surface area contributed by atoms with Gasteiger partial charge >= 0.3 is 0 Å². The molecule has 0 aromatic heterocycles. The van der Waals surface area contributed by atoms with Crippen molar-refractivity contribution in [2.24, 2.45) is 5.73 Å². The number of amides is 1. The number of nitrogens with one attached hydrogen (secondary N) is 1. The van der Waals surface area contributed by atoms with Crippen molar-refractivity contribution in [3.05, 3.63) is 35.9 Å². The molecule has 0 radical (unpaired) electrons. The van der Waals surface area contributed by atoms with Crippen LogP contribution in [0.3, 0.4) is 0 Å². The highest BCUT2D eigenvalue weighted by Gasteiger charge is 2.38. The molecule has 1 amide bonds. The molecule has 0 spiro atoms. The lowest BCUT2D eigenvalue weighted by molar-refractivity contribution is -0.123. The van der Waals surface area contributed by atoms with E-state index in [9.17, 15) is 4.79 Å². The van der Waals surface area contributed by atoms with Gasteiger partial charge in [0.25, 0.3) is 0 Å². The zero-order valence-corrected chi connectivity index (χ0v) is 11.8. The van der Waals surface area contributed by atoms with E-state index >= 15 is 0 Å². The van der Waals surface area contributed by atoms with Crippen molar-refractivity contribution in [3.63, 3.8) is 0 Å². The minimum atomic E-state index is -0.451. The fourth-order valence-electron chi connectivity index (χ4n) is 3.50. The predicted octanol–water partition coefficient (Wildman–Crippen LogP) is 0.909. The van der Waals surface area contributed by atoms with E-state index in [2.05, 4.69) is 10.2 Å². The predicted molar refractivity (Wildman–Crippen MR) is 79.3 cm³/mol. The van der Waals surface area contributed by atoms with Gasteiger partial charge in [-0.05, 0) is 37.8 Å².